The summed E-state index contributed by atoms with van der Waals surface area (Å²) < 4.78 is 23.4. The molecule has 3 atom stereocenters. The third kappa shape index (κ3) is 8.61. The van der Waals surface area contributed by atoms with Crippen LogP contribution in [0.2, 0.25) is 0 Å². The summed E-state index contributed by atoms with van der Waals surface area (Å²) in [5, 5.41) is 7.19. The summed E-state index contributed by atoms with van der Waals surface area (Å²) in [5.41, 5.74) is 1.07. The van der Waals surface area contributed by atoms with Crippen LogP contribution in [0, 0.1) is 0 Å². The molecule has 2 rings (SSSR count). The van der Waals surface area contributed by atoms with Gasteiger partial charge in [-0.05, 0) is 50.3 Å². The van der Waals surface area contributed by atoms with Crippen molar-refractivity contribution in [1.29, 1.82) is 0 Å². The monoisotopic (exact) mass is 551 g/mol. The number of hydrogen-bond acceptors (Lipinski definition) is 4. The van der Waals surface area contributed by atoms with E-state index >= 15 is 0 Å². The summed E-state index contributed by atoms with van der Waals surface area (Å²) in [6.45, 7) is 8.18. The first kappa shape index (κ1) is 27.0. The lowest BCUT2D eigenvalue weighted by atomic mass is 9.95. The van der Waals surface area contributed by atoms with Crippen molar-refractivity contribution in [3.8, 4) is 11.5 Å². The van der Waals surface area contributed by atoms with E-state index in [1.807, 2.05) is 25.1 Å². The molecular formula is C22H38IN3O3S. The molecule has 0 aromatic heterocycles. The largest absolute Gasteiger partial charge is 0.493 e. The Kier molecular flexibility index (Phi) is 13.4. The van der Waals surface area contributed by atoms with Crippen LogP contribution in [0.25, 0.3) is 0 Å². The van der Waals surface area contributed by atoms with E-state index in [0.29, 0.717) is 24.4 Å². The van der Waals surface area contributed by atoms with E-state index in [2.05, 4.69) is 24.5 Å². The van der Waals surface area contributed by atoms with Crippen LogP contribution in [-0.2, 0) is 17.3 Å². The van der Waals surface area contributed by atoms with Gasteiger partial charge in [0, 0.05) is 34.4 Å². The molecule has 30 heavy (non-hydrogen) atoms. The Morgan fingerprint density at radius 2 is 2.03 bits per heavy atom. The van der Waals surface area contributed by atoms with Gasteiger partial charge in [0.2, 0.25) is 0 Å². The van der Waals surface area contributed by atoms with E-state index in [4.69, 9.17) is 14.5 Å². The molecule has 8 heteroatoms. The third-order valence-corrected chi connectivity index (χ3v) is 6.82. The van der Waals surface area contributed by atoms with Gasteiger partial charge >= 0.3 is 0 Å². The highest BCUT2D eigenvalue weighted by atomic mass is 127. The highest BCUT2D eigenvalue weighted by molar-refractivity contribution is 14.0. The van der Waals surface area contributed by atoms with Gasteiger partial charge in [-0.2, -0.15) is 0 Å². The van der Waals surface area contributed by atoms with Crippen LogP contribution in [0.5, 0.6) is 11.5 Å². The first-order chi connectivity index (χ1) is 14.1. The molecule has 1 saturated carbocycles. The second-order valence-corrected chi connectivity index (χ2v) is 9.33. The Labute approximate surface area is 201 Å². The fourth-order valence-electron chi connectivity index (χ4n) is 3.58. The molecule has 1 aromatic rings. The van der Waals surface area contributed by atoms with Gasteiger partial charge in [0.05, 0.1) is 20.3 Å². The summed E-state index contributed by atoms with van der Waals surface area (Å²) >= 11 is 0. The van der Waals surface area contributed by atoms with Gasteiger partial charge in [0.15, 0.2) is 17.5 Å². The zero-order valence-electron chi connectivity index (χ0n) is 18.7. The fourth-order valence-corrected chi connectivity index (χ4v) is 4.92. The second kappa shape index (κ2) is 14.9. The minimum absolute atomic E-state index is 0. The average molecular weight is 552 g/mol. The SMILES string of the molecule is CCCOc1ccc(CN=C(NCC)NC2CCCC(S(=O)CC)C2)cc1OC.I. The van der Waals surface area contributed by atoms with Crippen LogP contribution >= 0.6 is 24.0 Å². The molecule has 1 fully saturated rings. The summed E-state index contributed by atoms with van der Waals surface area (Å²) in [6, 6.07) is 6.29. The lowest BCUT2D eigenvalue weighted by molar-refractivity contribution is 0.294. The lowest BCUT2D eigenvalue weighted by Crippen LogP contribution is -2.46. The van der Waals surface area contributed by atoms with Crippen molar-refractivity contribution < 1.29 is 13.7 Å². The molecule has 6 nitrogen and oxygen atoms in total. The Bertz CT molecular complexity index is 688. The Hall–Kier alpha value is -1.03. The Morgan fingerprint density at radius 3 is 2.70 bits per heavy atom. The average Bonchev–Trinajstić information content (AvgIpc) is 2.76. The van der Waals surface area contributed by atoms with Crippen LogP contribution in [0.1, 0.15) is 58.4 Å². The van der Waals surface area contributed by atoms with Crippen molar-refractivity contribution in [3.05, 3.63) is 23.8 Å². The van der Waals surface area contributed by atoms with Crippen molar-refractivity contribution in [2.75, 3.05) is 26.0 Å². The molecule has 1 aromatic carbocycles. The van der Waals surface area contributed by atoms with Crippen LogP contribution < -0.4 is 20.1 Å². The summed E-state index contributed by atoms with van der Waals surface area (Å²) in [7, 11) is 0.938. The molecule has 0 heterocycles. The van der Waals surface area contributed by atoms with Gasteiger partial charge in [0.25, 0.3) is 0 Å². The third-order valence-electron chi connectivity index (χ3n) is 5.08. The minimum Gasteiger partial charge on any atom is -0.493 e. The lowest BCUT2D eigenvalue weighted by Gasteiger charge is -2.30. The number of benzene rings is 1. The molecule has 0 bridgehead atoms. The number of hydrogen-bond donors (Lipinski definition) is 2. The van der Waals surface area contributed by atoms with Crippen molar-refractivity contribution in [1.82, 2.24) is 10.6 Å². The Morgan fingerprint density at radius 1 is 1.23 bits per heavy atom. The molecule has 0 radical (unpaired) electrons. The van der Waals surface area contributed by atoms with Crippen LogP contribution in [0.15, 0.2) is 23.2 Å². The smallest absolute Gasteiger partial charge is 0.191 e. The quantitative estimate of drug-likeness (QED) is 0.259. The molecule has 172 valence electrons. The van der Waals surface area contributed by atoms with Crippen molar-refractivity contribution in [3.63, 3.8) is 0 Å². The van der Waals surface area contributed by atoms with Crippen LogP contribution in [0.3, 0.4) is 0 Å². The van der Waals surface area contributed by atoms with Gasteiger partial charge in [-0.1, -0.05) is 26.3 Å². The van der Waals surface area contributed by atoms with Gasteiger partial charge in [0.1, 0.15) is 0 Å². The van der Waals surface area contributed by atoms with Crippen molar-refractivity contribution >= 4 is 40.7 Å². The molecular weight excluding hydrogens is 513 g/mol. The van der Waals surface area contributed by atoms with Crippen LogP contribution in [0.4, 0.5) is 0 Å². The topological polar surface area (TPSA) is 72.0 Å². The molecule has 0 saturated heterocycles. The number of nitrogens with zero attached hydrogens (tertiary/aromatic N) is 1. The fraction of sp³-hybridized carbons (Fsp3) is 0.682. The molecule has 1 aliphatic carbocycles. The second-order valence-electron chi connectivity index (χ2n) is 7.33. The number of guanidine groups is 1. The standard InChI is InChI=1S/C22H37N3O3S.HI/c1-5-13-28-20-12-11-17(14-21(20)27-4)16-24-22(23-6-2)25-18-9-8-10-19(15-18)29(26)7-3;/h11-12,14,18-19H,5-10,13,15-16H2,1-4H3,(H2,23,24,25);1H. The predicted molar refractivity (Wildman–Crippen MR) is 137 cm³/mol. The van der Waals surface area contributed by atoms with Gasteiger partial charge < -0.3 is 20.1 Å². The number of methoxy groups -OCH3 is 1. The van der Waals surface area contributed by atoms with E-state index in [0.717, 1.165) is 67.4 Å². The first-order valence-electron chi connectivity index (χ1n) is 10.8. The predicted octanol–water partition coefficient (Wildman–Crippen LogP) is 4.24. The van der Waals surface area contributed by atoms with Gasteiger partial charge in [-0.25, -0.2) is 4.99 Å². The zero-order chi connectivity index (χ0) is 21.1. The van der Waals surface area contributed by atoms with E-state index in [1.165, 1.54) is 0 Å². The molecule has 1 aliphatic rings. The minimum atomic E-state index is -0.721. The van der Waals surface area contributed by atoms with Crippen molar-refractivity contribution in [2.45, 2.75) is 70.7 Å². The maximum atomic E-state index is 12.2. The maximum Gasteiger partial charge on any atom is 0.191 e. The highest BCUT2D eigenvalue weighted by Gasteiger charge is 2.26. The number of ether oxygens (including phenoxy) is 2. The number of halogens is 1. The van der Waals surface area contributed by atoms with Crippen molar-refractivity contribution in [2.24, 2.45) is 4.99 Å². The number of rotatable bonds is 10. The number of aliphatic imine (C=N–C) groups is 1. The molecule has 3 unspecified atom stereocenters. The van der Waals surface area contributed by atoms with Crippen LogP contribution in [-0.4, -0.2) is 47.5 Å². The van der Waals surface area contributed by atoms with E-state index < -0.39 is 10.8 Å². The molecule has 0 amide bonds. The van der Waals surface area contributed by atoms with E-state index in [-0.39, 0.29) is 24.0 Å². The molecule has 0 spiro atoms. The first-order valence-corrected chi connectivity index (χ1v) is 12.2. The maximum absolute atomic E-state index is 12.2. The number of nitrogens with one attached hydrogen (secondary N) is 2. The summed E-state index contributed by atoms with van der Waals surface area (Å²) in [4.78, 5) is 4.76. The molecule has 2 N–H and O–H groups in total. The van der Waals surface area contributed by atoms with Gasteiger partial charge in [-0.3, -0.25) is 4.21 Å². The Balaban J connectivity index is 0.00000450. The highest BCUT2D eigenvalue weighted by Crippen LogP contribution is 2.28. The normalized spacial score (nSPS) is 20.1. The zero-order valence-corrected chi connectivity index (χ0v) is 21.9. The molecule has 0 aliphatic heterocycles. The van der Waals surface area contributed by atoms with E-state index in [1.54, 1.807) is 7.11 Å². The summed E-state index contributed by atoms with van der Waals surface area (Å²) in [6.07, 6.45) is 5.19. The van der Waals surface area contributed by atoms with Gasteiger partial charge in [-0.15, -0.1) is 24.0 Å². The van der Waals surface area contributed by atoms with E-state index in [9.17, 15) is 4.21 Å². The summed E-state index contributed by atoms with van der Waals surface area (Å²) in [5.74, 6) is 3.06.